The molecule has 0 aliphatic carbocycles. The van der Waals surface area contributed by atoms with E-state index in [0.717, 1.165) is 30.1 Å². The van der Waals surface area contributed by atoms with Crippen molar-refractivity contribution in [2.75, 3.05) is 38.0 Å². The first kappa shape index (κ1) is 19.4. The van der Waals surface area contributed by atoms with Gasteiger partial charge in [0.15, 0.2) is 0 Å². The van der Waals surface area contributed by atoms with Crippen molar-refractivity contribution in [1.29, 1.82) is 0 Å². The lowest BCUT2D eigenvalue weighted by atomic mass is 10.2. The number of nitrogens with zero attached hydrogens (tertiary/aromatic N) is 4. The van der Waals surface area contributed by atoms with E-state index in [1.54, 1.807) is 14.2 Å². The molecular formula is C21H25N5O2. The van der Waals surface area contributed by atoms with Gasteiger partial charge in [0.1, 0.15) is 17.3 Å². The summed E-state index contributed by atoms with van der Waals surface area (Å²) in [5.74, 6) is 2.82. The summed E-state index contributed by atoms with van der Waals surface area (Å²) >= 11 is 0. The van der Waals surface area contributed by atoms with Gasteiger partial charge in [-0.1, -0.05) is 0 Å². The van der Waals surface area contributed by atoms with E-state index in [0.29, 0.717) is 17.5 Å². The van der Waals surface area contributed by atoms with E-state index in [1.807, 2.05) is 67.7 Å². The maximum absolute atomic E-state index is 5.44. The molecule has 3 rings (SSSR count). The largest absolute Gasteiger partial charge is 0.497 e. The summed E-state index contributed by atoms with van der Waals surface area (Å²) in [6.45, 7) is 2.76. The van der Waals surface area contributed by atoms with Crippen molar-refractivity contribution in [3.63, 3.8) is 0 Å². The minimum Gasteiger partial charge on any atom is -0.497 e. The maximum atomic E-state index is 5.44. The van der Waals surface area contributed by atoms with Crippen molar-refractivity contribution in [3.05, 3.63) is 60.0 Å². The van der Waals surface area contributed by atoms with Crippen LogP contribution in [0.25, 0.3) is 0 Å². The number of ether oxygens (including phenoxy) is 2. The molecule has 7 nitrogen and oxygen atoms in total. The maximum Gasteiger partial charge on any atom is 0.227 e. The highest BCUT2D eigenvalue weighted by molar-refractivity contribution is 5.67. The average Bonchev–Trinajstić information content (AvgIpc) is 2.72. The Hall–Kier alpha value is -3.35. The quantitative estimate of drug-likeness (QED) is 0.641. The fourth-order valence-electron chi connectivity index (χ4n) is 2.78. The molecule has 0 atom stereocenters. The molecule has 0 spiro atoms. The molecule has 0 aliphatic rings. The van der Waals surface area contributed by atoms with Gasteiger partial charge >= 0.3 is 0 Å². The number of hydrogen-bond acceptors (Lipinski definition) is 7. The van der Waals surface area contributed by atoms with Crippen molar-refractivity contribution in [2.45, 2.75) is 13.3 Å². The fourth-order valence-corrected chi connectivity index (χ4v) is 2.78. The van der Waals surface area contributed by atoms with E-state index in [4.69, 9.17) is 9.47 Å². The lowest BCUT2D eigenvalue weighted by Crippen LogP contribution is -2.23. The second kappa shape index (κ2) is 9.03. The third kappa shape index (κ3) is 4.88. The van der Waals surface area contributed by atoms with Crippen LogP contribution >= 0.6 is 0 Å². The Morgan fingerprint density at radius 2 is 1.79 bits per heavy atom. The van der Waals surface area contributed by atoms with Crippen LogP contribution in [0.3, 0.4) is 0 Å². The molecular weight excluding hydrogens is 354 g/mol. The molecule has 0 saturated heterocycles. The van der Waals surface area contributed by atoms with Crippen LogP contribution in [0.2, 0.25) is 0 Å². The molecule has 0 fully saturated rings. The Bertz CT molecular complexity index is 918. The van der Waals surface area contributed by atoms with Crippen LogP contribution in [-0.2, 0) is 6.42 Å². The molecule has 0 radical (unpaired) electrons. The smallest absolute Gasteiger partial charge is 0.227 e. The number of likely N-dealkylation sites (N-methyl/N-ethyl adjacent to an activating group) is 1. The summed E-state index contributed by atoms with van der Waals surface area (Å²) in [6.07, 6.45) is 4.51. The zero-order valence-electron chi connectivity index (χ0n) is 16.6. The highest BCUT2D eigenvalue weighted by Gasteiger charge is 2.11. The summed E-state index contributed by atoms with van der Waals surface area (Å²) in [4.78, 5) is 15.3. The number of anilines is 3. The van der Waals surface area contributed by atoms with Crippen LogP contribution in [-0.4, -0.2) is 42.8 Å². The minimum absolute atomic E-state index is 0.665. The van der Waals surface area contributed by atoms with Gasteiger partial charge in [0.05, 0.1) is 19.9 Å². The standard InChI is InChI=1S/C21H25N5O2/c1-15-13-20(24-18-14-17(27-3)5-6-19(18)28-4)25-21(23-15)26(2)12-9-16-7-10-22-11-8-16/h5-8,10-11,13-14H,9,12H2,1-4H3,(H,23,24,25). The van der Waals surface area contributed by atoms with Gasteiger partial charge in [-0.2, -0.15) is 4.98 Å². The Morgan fingerprint density at radius 1 is 1.00 bits per heavy atom. The van der Waals surface area contributed by atoms with E-state index in [9.17, 15) is 0 Å². The van der Waals surface area contributed by atoms with E-state index < -0.39 is 0 Å². The summed E-state index contributed by atoms with van der Waals surface area (Å²) in [5, 5.41) is 3.32. The van der Waals surface area contributed by atoms with Crippen LogP contribution in [0, 0.1) is 6.92 Å². The Balaban J connectivity index is 1.78. The predicted octanol–water partition coefficient (Wildman–Crippen LogP) is 3.62. The van der Waals surface area contributed by atoms with Gasteiger partial charge in [0.2, 0.25) is 5.95 Å². The van der Waals surface area contributed by atoms with Crippen LogP contribution in [0.4, 0.5) is 17.5 Å². The molecule has 28 heavy (non-hydrogen) atoms. The molecule has 0 saturated carbocycles. The topological polar surface area (TPSA) is 72.4 Å². The normalized spacial score (nSPS) is 10.4. The number of aryl methyl sites for hydroxylation is 1. The third-order valence-electron chi connectivity index (χ3n) is 4.34. The Kier molecular flexibility index (Phi) is 6.26. The van der Waals surface area contributed by atoms with E-state index in [2.05, 4.69) is 20.3 Å². The summed E-state index contributed by atoms with van der Waals surface area (Å²) in [5.41, 5.74) is 2.89. The lowest BCUT2D eigenvalue weighted by Gasteiger charge is -2.19. The number of aromatic nitrogens is 3. The first-order valence-corrected chi connectivity index (χ1v) is 9.04. The summed E-state index contributed by atoms with van der Waals surface area (Å²) < 4.78 is 10.7. The number of pyridine rings is 1. The van der Waals surface area contributed by atoms with Crippen molar-refractivity contribution in [3.8, 4) is 11.5 Å². The molecule has 7 heteroatoms. The number of benzene rings is 1. The molecule has 1 N–H and O–H groups in total. The summed E-state index contributed by atoms with van der Waals surface area (Å²) in [7, 11) is 5.26. The minimum atomic E-state index is 0.665. The molecule has 0 unspecified atom stereocenters. The summed E-state index contributed by atoms with van der Waals surface area (Å²) in [6, 6.07) is 11.5. The number of hydrogen-bond donors (Lipinski definition) is 1. The molecule has 0 amide bonds. The van der Waals surface area contributed by atoms with Crippen molar-refractivity contribution < 1.29 is 9.47 Å². The van der Waals surface area contributed by atoms with Gasteiger partial charge in [-0.25, -0.2) is 4.98 Å². The SMILES string of the molecule is COc1ccc(OC)c(Nc2cc(C)nc(N(C)CCc3ccncc3)n2)c1. The van der Waals surface area contributed by atoms with Gasteiger partial charge in [0.25, 0.3) is 0 Å². The highest BCUT2D eigenvalue weighted by atomic mass is 16.5. The third-order valence-corrected chi connectivity index (χ3v) is 4.34. The predicted molar refractivity (Wildman–Crippen MR) is 111 cm³/mol. The lowest BCUT2D eigenvalue weighted by molar-refractivity contribution is 0.405. The van der Waals surface area contributed by atoms with Crippen molar-refractivity contribution in [1.82, 2.24) is 15.0 Å². The fraction of sp³-hybridized carbons (Fsp3) is 0.286. The van der Waals surface area contributed by atoms with E-state index in [1.165, 1.54) is 5.56 Å². The first-order chi connectivity index (χ1) is 13.6. The zero-order valence-corrected chi connectivity index (χ0v) is 16.6. The molecule has 2 aromatic heterocycles. The van der Waals surface area contributed by atoms with Gasteiger partial charge in [0, 0.05) is 43.8 Å². The van der Waals surface area contributed by atoms with Crippen molar-refractivity contribution >= 4 is 17.5 Å². The molecule has 2 heterocycles. The average molecular weight is 379 g/mol. The van der Waals surface area contributed by atoms with Gasteiger partial charge in [-0.15, -0.1) is 0 Å². The molecule has 3 aromatic rings. The van der Waals surface area contributed by atoms with Crippen LogP contribution in [0.15, 0.2) is 48.8 Å². The number of methoxy groups -OCH3 is 2. The molecule has 1 aromatic carbocycles. The second-order valence-electron chi connectivity index (χ2n) is 6.41. The van der Waals surface area contributed by atoms with Crippen molar-refractivity contribution in [2.24, 2.45) is 0 Å². The van der Waals surface area contributed by atoms with E-state index >= 15 is 0 Å². The van der Waals surface area contributed by atoms with E-state index in [-0.39, 0.29) is 0 Å². The van der Waals surface area contributed by atoms with Gasteiger partial charge < -0.3 is 19.7 Å². The van der Waals surface area contributed by atoms with Crippen LogP contribution in [0.5, 0.6) is 11.5 Å². The first-order valence-electron chi connectivity index (χ1n) is 9.04. The van der Waals surface area contributed by atoms with Gasteiger partial charge in [-0.05, 0) is 43.2 Å². The molecule has 0 bridgehead atoms. The number of nitrogens with one attached hydrogen (secondary N) is 1. The zero-order chi connectivity index (χ0) is 19.9. The van der Waals surface area contributed by atoms with Crippen LogP contribution < -0.4 is 19.7 Å². The Morgan fingerprint density at radius 3 is 2.50 bits per heavy atom. The highest BCUT2D eigenvalue weighted by Crippen LogP contribution is 2.31. The molecule has 146 valence electrons. The number of rotatable bonds is 8. The Labute approximate surface area is 165 Å². The van der Waals surface area contributed by atoms with Gasteiger partial charge in [-0.3, -0.25) is 4.98 Å². The second-order valence-corrected chi connectivity index (χ2v) is 6.41. The van der Waals surface area contributed by atoms with Crippen LogP contribution in [0.1, 0.15) is 11.3 Å². The molecule has 0 aliphatic heterocycles. The monoisotopic (exact) mass is 379 g/mol.